The van der Waals surface area contributed by atoms with Gasteiger partial charge in [0, 0.05) is 0 Å². The van der Waals surface area contributed by atoms with E-state index >= 15 is 0 Å². The summed E-state index contributed by atoms with van der Waals surface area (Å²) in [6.07, 6.45) is 0.793. The van der Waals surface area contributed by atoms with Gasteiger partial charge in [0.25, 0.3) is 0 Å². The van der Waals surface area contributed by atoms with E-state index in [0.717, 1.165) is 28.9 Å². The highest BCUT2D eigenvalue weighted by molar-refractivity contribution is 5.91. The second-order valence-electron chi connectivity index (χ2n) is 6.11. The number of aryl methyl sites for hydroxylation is 2. The van der Waals surface area contributed by atoms with Crippen molar-refractivity contribution in [3.8, 4) is 11.5 Å². The molecule has 26 heavy (non-hydrogen) atoms. The Hall–Kier alpha value is -3.07. The number of carbonyl (C=O) groups excluding carboxylic acids is 1. The fourth-order valence-electron chi connectivity index (χ4n) is 2.81. The van der Waals surface area contributed by atoms with Crippen LogP contribution in [-0.4, -0.2) is 5.97 Å². The van der Waals surface area contributed by atoms with Crippen LogP contribution in [0.4, 0.5) is 0 Å². The molecule has 0 radical (unpaired) electrons. The summed E-state index contributed by atoms with van der Waals surface area (Å²) in [5.41, 5.74) is 3.63. The second kappa shape index (κ2) is 8.34. The summed E-state index contributed by atoms with van der Waals surface area (Å²) in [4.78, 5) is 12.3. The molecule has 3 aromatic carbocycles. The van der Waals surface area contributed by atoms with Crippen LogP contribution in [0.3, 0.4) is 0 Å². The molecule has 0 saturated carbocycles. The number of hydrogen-bond donors (Lipinski definition) is 0. The molecule has 0 bridgehead atoms. The predicted octanol–water partition coefficient (Wildman–Crippen LogP) is 5.36. The largest absolute Gasteiger partial charge is 0.488 e. The third-order valence-corrected chi connectivity index (χ3v) is 4.15. The van der Waals surface area contributed by atoms with Crippen molar-refractivity contribution >= 4 is 5.97 Å². The molecule has 0 spiro atoms. The number of carbonyl (C=O) groups is 1. The first-order valence-corrected chi connectivity index (χ1v) is 8.75. The van der Waals surface area contributed by atoms with Crippen molar-refractivity contribution in [1.29, 1.82) is 0 Å². The van der Waals surface area contributed by atoms with Gasteiger partial charge in [0.1, 0.15) is 18.1 Å². The third-order valence-electron chi connectivity index (χ3n) is 4.15. The lowest BCUT2D eigenvalue weighted by Gasteiger charge is -2.15. The first-order chi connectivity index (χ1) is 12.7. The molecule has 0 amide bonds. The second-order valence-corrected chi connectivity index (χ2v) is 6.11. The van der Waals surface area contributed by atoms with Gasteiger partial charge < -0.3 is 9.47 Å². The Labute approximate surface area is 154 Å². The van der Waals surface area contributed by atoms with Crippen molar-refractivity contribution in [2.45, 2.75) is 26.9 Å². The molecule has 0 aliphatic carbocycles. The van der Waals surface area contributed by atoms with Gasteiger partial charge in [-0.1, -0.05) is 55.5 Å². The lowest BCUT2D eigenvalue weighted by Crippen LogP contribution is -2.09. The van der Waals surface area contributed by atoms with E-state index in [0.29, 0.717) is 17.9 Å². The van der Waals surface area contributed by atoms with Gasteiger partial charge in [0.2, 0.25) is 0 Å². The Morgan fingerprint density at radius 3 is 2.23 bits per heavy atom. The Bertz CT molecular complexity index is 871. The molecule has 3 heteroatoms. The minimum atomic E-state index is -0.356. The average molecular weight is 346 g/mol. The highest BCUT2D eigenvalue weighted by Gasteiger charge is 2.13. The monoisotopic (exact) mass is 346 g/mol. The van der Waals surface area contributed by atoms with Gasteiger partial charge in [-0.05, 0) is 54.3 Å². The summed E-state index contributed by atoms with van der Waals surface area (Å²) < 4.78 is 11.6. The molecule has 3 aromatic rings. The van der Waals surface area contributed by atoms with E-state index in [1.165, 1.54) is 0 Å². The van der Waals surface area contributed by atoms with E-state index in [4.69, 9.17) is 9.47 Å². The van der Waals surface area contributed by atoms with Crippen LogP contribution in [0.5, 0.6) is 11.5 Å². The lowest BCUT2D eigenvalue weighted by atomic mass is 10.1. The maximum atomic E-state index is 12.3. The molecule has 3 nitrogen and oxygen atoms in total. The first-order valence-electron chi connectivity index (χ1n) is 8.75. The molecule has 0 heterocycles. The van der Waals surface area contributed by atoms with E-state index in [1.807, 2.05) is 67.6 Å². The van der Waals surface area contributed by atoms with Gasteiger partial charge in [-0.15, -0.1) is 0 Å². The van der Waals surface area contributed by atoms with Crippen molar-refractivity contribution in [1.82, 2.24) is 0 Å². The molecule has 0 unspecified atom stereocenters. The quantitative estimate of drug-likeness (QED) is 0.445. The van der Waals surface area contributed by atoms with E-state index in [-0.39, 0.29) is 5.97 Å². The van der Waals surface area contributed by atoms with Crippen LogP contribution in [-0.2, 0) is 13.0 Å². The number of esters is 1. The lowest BCUT2D eigenvalue weighted by molar-refractivity contribution is 0.0734. The van der Waals surface area contributed by atoms with E-state index < -0.39 is 0 Å². The van der Waals surface area contributed by atoms with Crippen molar-refractivity contribution < 1.29 is 14.3 Å². The number of rotatable bonds is 6. The summed E-state index contributed by atoms with van der Waals surface area (Å²) in [5, 5.41) is 0. The molecule has 0 N–H and O–H groups in total. The number of benzene rings is 3. The van der Waals surface area contributed by atoms with Gasteiger partial charge in [-0.25, -0.2) is 4.79 Å². The van der Waals surface area contributed by atoms with Crippen LogP contribution in [0.2, 0.25) is 0 Å². The van der Waals surface area contributed by atoms with Crippen molar-refractivity contribution in [2.75, 3.05) is 0 Å². The molecule has 3 rings (SSSR count). The van der Waals surface area contributed by atoms with Crippen LogP contribution in [0.25, 0.3) is 0 Å². The molecule has 0 saturated heterocycles. The first kappa shape index (κ1) is 17.7. The maximum absolute atomic E-state index is 12.3. The van der Waals surface area contributed by atoms with E-state index in [2.05, 4.69) is 6.92 Å². The van der Waals surface area contributed by atoms with Crippen molar-refractivity contribution in [3.05, 3.63) is 95.1 Å². The minimum absolute atomic E-state index is 0.356. The summed E-state index contributed by atoms with van der Waals surface area (Å²) >= 11 is 0. The van der Waals surface area contributed by atoms with E-state index in [9.17, 15) is 4.79 Å². The molecule has 0 aliphatic rings. The highest BCUT2D eigenvalue weighted by atomic mass is 16.5. The van der Waals surface area contributed by atoms with Gasteiger partial charge in [-0.2, -0.15) is 0 Å². The molecule has 0 atom stereocenters. The van der Waals surface area contributed by atoms with Crippen LogP contribution in [0, 0.1) is 6.92 Å². The summed E-state index contributed by atoms with van der Waals surface area (Å²) in [6, 6.07) is 22.8. The van der Waals surface area contributed by atoms with Crippen LogP contribution in [0.15, 0.2) is 72.8 Å². The normalized spacial score (nSPS) is 10.4. The van der Waals surface area contributed by atoms with Crippen molar-refractivity contribution in [3.63, 3.8) is 0 Å². The molecular weight excluding hydrogens is 324 g/mol. The summed E-state index contributed by atoms with van der Waals surface area (Å²) in [6.45, 7) is 4.55. The van der Waals surface area contributed by atoms with Crippen molar-refractivity contribution in [2.24, 2.45) is 0 Å². The fourth-order valence-corrected chi connectivity index (χ4v) is 2.81. The molecule has 132 valence electrons. The van der Waals surface area contributed by atoms with Crippen LogP contribution in [0.1, 0.15) is 34.0 Å². The minimum Gasteiger partial charge on any atom is -0.488 e. The van der Waals surface area contributed by atoms with Gasteiger partial charge in [0.15, 0.2) is 0 Å². The Kier molecular flexibility index (Phi) is 5.69. The topological polar surface area (TPSA) is 35.5 Å². The van der Waals surface area contributed by atoms with Gasteiger partial charge in [-0.3, -0.25) is 0 Å². The Morgan fingerprint density at radius 1 is 0.923 bits per heavy atom. The van der Waals surface area contributed by atoms with E-state index in [1.54, 1.807) is 12.1 Å². The summed E-state index contributed by atoms with van der Waals surface area (Å²) in [7, 11) is 0. The van der Waals surface area contributed by atoms with Crippen LogP contribution >= 0.6 is 0 Å². The van der Waals surface area contributed by atoms with Crippen LogP contribution < -0.4 is 9.47 Å². The SMILES string of the molecule is CCc1cc(OC(=O)c2ccccc2)cc(C)c1OCc1ccccc1. The smallest absolute Gasteiger partial charge is 0.343 e. The number of ether oxygens (including phenoxy) is 2. The fraction of sp³-hybridized carbons (Fsp3) is 0.174. The standard InChI is InChI=1S/C23H22O3/c1-3-19-15-21(26-23(24)20-12-8-5-9-13-20)14-17(2)22(19)25-16-18-10-6-4-7-11-18/h4-15H,3,16H2,1-2H3. The van der Waals surface area contributed by atoms with Gasteiger partial charge in [0.05, 0.1) is 5.56 Å². The molecule has 0 aliphatic heterocycles. The predicted molar refractivity (Wildman–Crippen MR) is 103 cm³/mol. The third kappa shape index (κ3) is 4.31. The summed E-state index contributed by atoms with van der Waals surface area (Å²) in [5.74, 6) is 1.04. The zero-order chi connectivity index (χ0) is 18.4. The number of hydrogen-bond acceptors (Lipinski definition) is 3. The zero-order valence-electron chi connectivity index (χ0n) is 15.1. The maximum Gasteiger partial charge on any atom is 0.343 e. The van der Waals surface area contributed by atoms with Gasteiger partial charge >= 0.3 is 5.97 Å². The molecular formula is C23H22O3. The Balaban J connectivity index is 1.77. The average Bonchev–Trinajstić information content (AvgIpc) is 2.68. The zero-order valence-corrected chi connectivity index (χ0v) is 15.1. The highest BCUT2D eigenvalue weighted by Crippen LogP contribution is 2.30. The molecule has 0 aromatic heterocycles. The molecule has 0 fully saturated rings. The Morgan fingerprint density at radius 2 is 1.58 bits per heavy atom.